The maximum Gasteiger partial charge on any atom is 0.123 e. The Labute approximate surface area is 112 Å². The lowest BCUT2D eigenvalue weighted by atomic mass is 9.86. The van der Waals surface area contributed by atoms with E-state index in [0.29, 0.717) is 6.42 Å². The summed E-state index contributed by atoms with van der Waals surface area (Å²) in [5, 5.41) is 0. The summed E-state index contributed by atoms with van der Waals surface area (Å²) in [5.41, 5.74) is 8.10. The summed E-state index contributed by atoms with van der Waals surface area (Å²) in [5.74, 6) is -0.560. The maximum absolute atomic E-state index is 13.4. The lowest BCUT2D eigenvalue weighted by Gasteiger charge is -2.26. The van der Waals surface area contributed by atoms with E-state index in [0.717, 1.165) is 16.7 Å². The molecule has 3 heteroatoms. The van der Waals surface area contributed by atoms with E-state index >= 15 is 0 Å². The number of nitrogens with two attached hydrogens (primary N) is 1. The van der Waals surface area contributed by atoms with Crippen molar-refractivity contribution in [2.75, 3.05) is 0 Å². The van der Waals surface area contributed by atoms with Gasteiger partial charge in [0.1, 0.15) is 11.6 Å². The van der Waals surface area contributed by atoms with Crippen LogP contribution in [0.1, 0.15) is 23.6 Å². The van der Waals surface area contributed by atoms with Crippen LogP contribution in [0.3, 0.4) is 0 Å². The Kier molecular flexibility index (Phi) is 3.67. The van der Waals surface area contributed by atoms with Crippen molar-refractivity contribution in [3.8, 4) is 0 Å². The molecule has 0 saturated carbocycles. The SMILES string of the molecule is Cc1cc(F)cc(C(C)(N)Cc2ccc(F)cc2)c1. The van der Waals surface area contributed by atoms with E-state index in [9.17, 15) is 8.78 Å². The Hall–Kier alpha value is -1.74. The third-order valence-corrected chi connectivity index (χ3v) is 3.19. The van der Waals surface area contributed by atoms with Crippen LogP contribution in [0.15, 0.2) is 42.5 Å². The van der Waals surface area contributed by atoms with Gasteiger partial charge in [-0.1, -0.05) is 18.2 Å². The van der Waals surface area contributed by atoms with Crippen LogP contribution >= 0.6 is 0 Å². The molecule has 0 radical (unpaired) electrons. The zero-order valence-corrected chi connectivity index (χ0v) is 11.1. The highest BCUT2D eigenvalue weighted by Crippen LogP contribution is 2.24. The molecule has 0 bridgehead atoms. The summed E-state index contributed by atoms with van der Waals surface area (Å²) in [4.78, 5) is 0. The van der Waals surface area contributed by atoms with Gasteiger partial charge in [-0.3, -0.25) is 0 Å². The molecule has 0 aliphatic carbocycles. The van der Waals surface area contributed by atoms with Gasteiger partial charge in [0, 0.05) is 5.54 Å². The summed E-state index contributed by atoms with van der Waals surface area (Å²) >= 11 is 0. The molecular weight excluding hydrogens is 244 g/mol. The predicted octanol–water partition coefficient (Wildman–Crippen LogP) is 3.69. The zero-order valence-electron chi connectivity index (χ0n) is 11.1. The van der Waals surface area contributed by atoms with Gasteiger partial charge in [-0.05, 0) is 61.2 Å². The van der Waals surface area contributed by atoms with Crippen LogP contribution in [0.25, 0.3) is 0 Å². The van der Waals surface area contributed by atoms with Gasteiger partial charge in [0.25, 0.3) is 0 Å². The molecular formula is C16H17F2N. The molecule has 1 nitrogen and oxygen atoms in total. The first-order valence-corrected chi connectivity index (χ1v) is 6.18. The van der Waals surface area contributed by atoms with Crippen molar-refractivity contribution < 1.29 is 8.78 Å². The van der Waals surface area contributed by atoms with E-state index in [1.165, 1.54) is 24.3 Å². The van der Waals surface area contributed by atoms with Crippen LogP contribution in [-0.2, 0) is 12.0 Å². The molecule has 0 aliphatic heterocycles. The average molecular weight is 261 g/mol. The molecule has 0 spiro atoms. The van der Waals surface area contributed by atoms with Crippen molar-refractivity contribution in [3.63, 3.8) is 0 Å². The first-order chi connectivity index (χ1) is 8.87. The van der Waals surface area contributed by atoms with Crippen LogP contribution in [0, 0.1) is 18.6 Å². The quantitative estimate of drug-likeness (QED) is 0.896. The topological polar surface area (TPSA) is 26.0 Å². The highest BCUT2D eigenvalue weighted by Gasteiger charge is 2.22. The van der Waals surface area contributed by atoms with Crippen LogP contribution < -0.4 is 5.73 Å². The second-order valence-corrected chi connectivity index (χ2v) is 5.24. The van der Waals surface area contributed by atoms with Gasteiger partial charge >= 0.3 is 0 Å². The highest BCUT2D eigenvalue weighted by molar-refractivity contribution is 5.31. The minimum Gasteiger partial charge on any atom is -0.321 e. The molecule has 1 unspecified atom stereocenters. The molecule has 0 aromatic heterocycles. The predicted molar refractivity (Wildman–Crippen MR) is 72.8 cm³/mol. The summed E-state index contributed by atoms with van der Waals surface area (Å²) in [6.45, 7) is 3.69. The van der Waals surface area contributed by atoms with Crippen molar-refractivity contribution in [1.82, 2.24) is 0 Å². The fraction of sp³-hybridized carbons (Fsp3) is 0.250. The molecule has 0 fully saturated rings. The van der Waals surface area contributed by atoms with E-state index in [1.807, 2.05) is 19.9 Å². The summed E-state index contributed by atoms with van der Waals surface area (Å²) in [6.07, 6.45) is 0.524. The van der Waals surface area contributed by atoms with Crippen molar-refractivity contribution in [2.45, 2.75) is 25.8 Å². The van der Waals surface area contributed by atoms with Crippen molar-refractivity contribution >= 4 is 0 Å². The second kappa shape index (κ2) is 5.10. The Balaban J connectivity index is 2.28. The minimum absolute atomic E-state index is 0.274. The van der Waals surface area contributed by atoms with Crippen LogP contribution in [0.4, 0.5) is 8.78 Å². The van der Waals surface area contributed by atoms with Gasteiger partial charge in [-0.25, -0.2) is 8.78 Å². The first-order valence-electron chi connectivity index (χ1n) is 6.18. The van der Waals surface area contributed by atoms with E-state index < -0.39 is 5.54 Å². The number of rotatable bonds is 3. The molecule has 0 saturated heterocycles. The van der Waals surface area contributed by atoms with Crippen LogP contribution in [0.2, 0.25) is 0 Å². The highest BCUT2D eigenvalue weighted by atomic mass is 19.1. The third-order valence-electron chi connectivity index (χ3n) is 3.19. The molecule has 2 N–H and O–H groups in total. The van der Waals surface area contributed by atoms with Gasteiger partial charge in [0.15, 0.2) is 0 Å². The van der Waals surface area contributed by atoms with Gasteiger partial charge in [0.05, 0.1) is 0 Å². The Morgan fingerprint density at radius 1 is 1.00 bits per heavy atom. The molecule has 0 amide bonds. The number of benzene rings is 2. The number of aryl methyl sites for hydroxylation is 1. The minimum atomic E-state index is -0.690. The summed E-state index contributed by atoms with van der Waals surface area (Å²) in [6, 6.07) is 11.0. The molecule has 1 atom stereocenters. The molecule has 2 aromatic carbocycles. The third kappa shape index (κ3) is 3.38. The normalized spacial score (nSPS) is 14.2. The first kappa shape index (κ1) is 13.7. The smallest absolute Gasteiger partial charge is 0.123 e. The second-order valence-electron chi connectivity index (χ2n) is 5.24. The molecule has 100 valence electrons. The van der Waals surface area contributed by atoms with Gasteiger partial charge in [-0.2, -0.15) is 0 Å². The summed E-state index contributed by atoms with van der Waals surface area (Å²) in [7, 11) is 0. The number of hydrogen-bond donors (Lipinski definition) is 1. The lowest BCUT2D eigenvalue weighted by molar-refractivity contribution is 0.485. The zero-order chi connectivity index (χ0) is 14.0. The molecule has 0 heterocycles. The average Bonchev–Trinajstić information content (AvgIpc) is 2.31. The van der Waals surface area contributed by atoms with Crippen LogP contribution in [-0.4, -0.2) is 0 Å². The van der Waals surface area contributed by atoms with E-state index in [1.54, 1.807) is 12.1 Å². The number of hydrogen-bond acceptors (Lipinski definition) is 1. The van der Waals surface area contributed by atoms with Gasteiger partial charge < -0.3 is 5.73 Å². The monoisotopic (exact) mass is 261 g/mol. The Morgan fingerprint density at radius 2 is 1.63 bits per heavy atom. The fourth-order valence-corrected chi connectivity index (χ4v) is 2.19. The van der Waals surface area contributed by atoms with E-state index in [-0.39, 0.29) is 11.6 Å². The standard InChI is InChI=1S/C16H17F2N/c1-11-7-13(9-15(18)8-11)16(2,19)10-12-3-5-14(17)6-4-12/h3-9H,10,19H2,1-2H3. The van der Waals surface area contributed by atoms with Crippen molar-refractivity contribution in [1.29, 1.82) is 0 Å². The molecule has 19 heavy (non-hydrogen) atoms. The Bertz CT molecular complexity index is 554. The van der Waals surface area contributed by atoms with Crippen molar-refractivity contribution in [3.05, 3.63) is 70.8 Å². The lowest BCUT2D eigenvalue weighted by Crippen LogP contribution is -2.35. The van der Waals surface area contributed by atoms with Gasteiger partial charge in [-0.15, -0.1) is 0 Å². The molecule has 0 aliphatic rings. The molecule has 2 rings (SSSR count). The molecule has 2 aromatic rings. The Morgan fingerprint density at radius 3 is 2.21 bits per heavy atom. The maximum atomic E-state index is 13.4. The van der Waals surface area contributed by atoms with E-state index in [2.05, 4.69) is 0 Å². The van der Waals surface area contributed by atoms with Gasteiger partial charge in [0.2, 0.25) is 0 Å². The summed E-state index contributed by atoms with van der Waals surface area (Å²) < 4.78 is 26.3. The van der Waals surface area contributed by atoms with Crippen molar-refractivity contribution in [2.24, 2.45) is 5.73 Å². The van der Waals surface area contributed by atoms with E-state index in [4.69, 9.17) is 5.73 Å². The van der Waals surface area contributed by atoms with Crippen LogP contribution in [0.5, 0.6) is 0 Å². The fourth-order valence-electron chi connectivity index (χ4n) is 2.19. The largest absolute Gasteiger partial charge is 0.321 e. The number of halogens is 2.